The molecule has 0 amide bonds. The van der Waals surface area contributed by atoms with Crippen molar-refractivity contribution in [2.24, 2.45) is 10.7 Å². The standard InChI is InChI=1S/C17H22N4O2S2.HI/c18-17(19-10-9-15-2-1-11-24-15)20-12-13-3-7-16(8-4-13)25(22,23)21-14-5-6-14;/h1-4,7-8,11,14,21H,5-6,9-10,12H2,(H3,18,19,20);1H. The Bertz CT molecular complexity index is 817. The van der Waals surface area contributed by atoms with E-state index in [-0.39, 0.29) is 34.9 Å². The molecule has 1 aromatic heterocycles. The lowest BCUT2D eigenvalue weighted by molar-refractivity contribution is 0.581. The van der Waals surface area contributed by atoms with Crippen molar-refractivity contribution in [2.75, 3.05) is 6.54 Å². The minimum atomic E-state index is -3.40. The Morgan fingerprint density at radius 2 is 1.96 bits per heavy atom. The molecule has 9 heteroatoms. The number of rotatable bonds is 8. The van der Waals surface area contributed by atoms with Crippen molar-refractivity contribution in [1.29, 1.82) is 0 Å². The van der Waals surface area contributed by atoms with E-state index in [4.69, 9.17) is 5.73 Å². The van der Waals surface area contributed by atoms with Crippen LogP contribution >= 0.6 is 35.3 Å². The van der Waals surface area contributed by atoms with Crippen LogP contribution < -0.4 is 15.8 Å². The fourth-order valence-corrected chi connectivity index (χ4v) is 4.28. The molecular formula is C17H23IN4O2S2. The summed E-state index contributed by atoms with van der Waals surface area (Å²) in [5.74, 6) is 0.392. The van der Waals surface area contributed by atoms with Gasteiger partial charge in [-0.3, -0.25) is 0 Å². The van der Waals surface area contributed by atoms with Crippen molar-refractivity contribution in [3.63, 3.8) is 0 Å². The number of nitrogens with one attached hydrogen (secondary N) is 2. The van der Waals surface area contributed by atoms with Crippen molar-refractivity contribution in [3.05, 3.63) is 52.2 Å². The summed E-state index contributed by atoms with van der Waals surface area (Å²) in [6, 6.07) is 11.0. The molecular weight excluding hydrogens is 483 g/mol. The van der Waals surface area contributed by atoms with Crippen LogP contribution in [0.1, 0.15) is 23.3 Å². The predicted molar refractivity (Wildman–Crippen MR) is 117 cm³/mol. The van der Waals surface area contributed by atoms with Crippen LogP contribution in [-0.2, 0) is 23.0 Å². The highest BCUT2D eigenvalue weighted by Crippen LogP contribution is 2.22. The van der Waals surface area contributed by atoms with Gasteiger partial charge in [-0.05, 0) is 48.4 Å². The number of hydrogen-bond donors (Lipinski definition) is 3. The van der Waals surface area contributed by atoms with Gasteiger partial charge in [0.2, 0.25) is 10.0 Å². The van der Waals surface area contributed by atoms with E-state index in [0.29, 0.717) is 12.5 Å². The van der Waals surface area contributed by atoms with E-state index >= 15 is 0 Å². The molecule has 0 spiro atoms. The SMILES string of the molecule is I.NC(=NCc1ccc(S(=O)(=O)NC2CC2)cc1)NCCc1cccs1. The summed E-state index contributed by atoms with van der Waals surface area (Å²) < 4.78 is 26.9. The Kier molecular flexibility index (Phi) is 7.86. The normalized spacial score (nSPS) is 14.7. The molecule has 0 atom stereocenters. The summed E-state index contributed by atoms with van der Waals surface area (Å²) in [6.07, 6.45) is 2.75. The van der Waals surface area contributed by atoms with Gasteiger partial charge in [0.15, 0.2) is 5.96 Å². The van der Waals surface area contributed by atoms with Crippen molar-refractivity contribution < 1.29 is 8.42 Å². The molecule has 1 heterocycles. The summed E-state index contributed by atoms with van der Waals surface area (Å²) in [5, 5.41) is 5.14. The minimum Gasteiger partial charge on any atom is -0.370 e. The molecule has 1 aliphatic rings. The third-order valence-corrected chi connectivity index (χ3v) is 6.29. The molecule has 2 aromatic rings. The fraction of sp³-hybridized carbons (Fsp3) is 0.353. The zero-order valence-electron chi connectivity index (χ0n) is 14.2. The van der Waals surface area contributed by atoms with Crippen molar-refractivity contribution >= 4 is 51.3 Å². The Morgan fingerprint density at radius 1 is 1.23 bits per heavy atom. The van der Waals surface area contributed by atoms with Gasteiger partial charge in [-0.1, -0.05) is 18.2 Å². The van der Waals surface area contributed by atoms with E-state index in [0.717, 1.165) is 31.4 Å². The second kappa shape index (κ2) is 9.67. The monoisotopic (exact) mass is 506 g/mol. The smallest absolute Gasteiger partial charge is 0.240 e. The number of hydrogen-bond acceptors (Lipinski definition) is 4. The second-order valence-corrected chi connectivity index (χ2v) is 8.74. The quantitative estimate of drug-likeness (QED) is 0.291. The highest BCUT2D eigenvalue weighted by atomic mass is 127. The number of nitrogens with two attached hydrogens (primary N) is 1. The summed E-state index contributed by atoms with van der Waals surface area (Å²) in [5.41, 5.74) is 6.77. The van der Waals surface area contributed by atoms with E-state index in [1.807, 2.05) is 6.07 Å². The van der Waals surface area contributed by atoms with Gasteiger partial charge >= 0.3 is 0 Å². The fourth-order valence-electron chi connectivity index (χ4n) is 2.26. The first-order chi connectivity index (χ1) is 12.0. The van der Waals surface area contributed by atoms with Gasteiger partial charge in [0.25, 0.3) is 0 Å². The third kappa shape index (κ3) is 6.53. The van der Waals surface area contributed by atoms with E-state index < -0.39 is 10.0 Å². The lowest BCUT2D eigenvalue weighted by Gasteiger charge is -2.07. The molecule has 4 N–H and O–H groups in total. The van der Waals surface area contributed by atoms with Crippen LogP contribution in [-0.4, -0.2) is 27.0 Å². The van der Waals surface area contributed by atoms with Crippen LogP contribution in [0.25, 0.3) is 0 Å². The van der Waals surface area contributed by atoms with Crippen molar-refractivity contribution in [2.45, 2.75) is 36.7 Å². The number of guanidine groups is 1. The Hall–Kier alpha value is -1.17. The Balaban J connectivity index is 0.00000243. The van der Waals surface area contributed by atoms with Gasteiger partial charge in [-0.2, -0.15) is 0 Å². The van der Waals surface area contributed by atoms with Gasteiger partial charge in [0.1, 0.15) is 0 Å². The number of sulfonamides is 1. The molecule has 3 rings (SSSR count). The molecule has 6 nitrogen and oxygen atoms in total. The van der Waals surface area contributed by atoms with E-state index in [9.17, 15) is 8.42 Å². The molecule has 0 unspecified atom stereocenters. The average Bonchev–Trinajstić information content (AvgIpc) is 3.23. The maximum Gasteiger partial charge on any atom is 0.240 e. The molecule has 26 heavy (non-hydrogen) atoms. The minimum absolute atomic E-state index is 0. The molecule has 1 fully saturated rings. The van der Waals surface area contributed by atoms with Gasteiger partial charge in [0.05, 0.1) is 11.4 Å². The maximum atomic E-state index is 12.1. The number of benzene rings is 1. The van der Waals surface area contributed by atoms with E-state index in [2.05, 4.69) is 26.5 Å². The molecule has 0 aliphatic heterocycles. The summed E-state index contributed by atoms with van der Waals surface area (Å²) >= 11 is 1.72. The van der Waals surface area contributed by atoms with Gasteiger partial charge in [-0.25, -0.2) is 18.1 Å². The first-order valence-electron chi connectivity index (χ1n) is 8.20. The Labute approximate surface area is 175 Å². The van der Waals surface area contributed by atoms with Gasteiger partial charge in [-0.15, -0.1) is 35.3 Å². The van der Waals surface area contributed by atoms with Crippen molar-refractivity contribution in [1.82, 2.24) is 10.0 Å². The zero-order valence-corrected chi connectivity index (χ0v) is 18.2. The Morgan fingerprint density at radius 3 is 2.58 bits per heavy atom. The predicted octanol–water partition coefficient (Wildman–Crippen LogP) is 2.45. The highest BCUT2D eigenvalue weighted by Gasteiger charge is 2.27. The highest BCUT2D eigenvalue weighted by molar-refractivity contribution is 14.0. The molecule has 1 aliphatic carbocycles. The average molecular weight is 506 g/mol. The first kappa shape index (κ1) is 21.1. The van der Waals surface area contributed by atoms with E-state index in [1.54, 1.807) is 35.6 Å². The number of thiophene rings is 1. The van der Waals surface area contributed by atoms with Gasteiger partial charge in [0, 0.05) is 17.5 Å². The molecule has 0 saturated heterocycles. The first-order valence-corrected chi connectivity index (χ1v) is 10.6. The van der Waals surface area contributed by atoms with Gasteiger partial charge < -0.3 is 11.1 Å². The van der Waals surface area contributed by atoms with Crippen LogP contribution in [0.2, 0.25) is 0 Å². The molecule has 142 valence electrons. The van der Waals surface area contributed by atoms with Crippen molar-refractivity contribution in [3.8, 4) is 0 Å². The van der Waals surface area contributed by atoms with Crippen LogP contribution in [0.4, 0.5) is 0 Å². The maximum absolute atomic E-state index is 12.1. The zero-order chi connectivity index (χ0) is 17.7. The summed E-state index contributed by atoms with van der Waals surface area (Å²) in [6.45, 7) is 1.15. The van der Waals surface area contributed by atoms with Crippen LogP contribution in [0.5, 0.6) is 0 Å². The third-order valence-electron chi connectivity index (χ3n) is 3.82. The largest absolute Gasteiger partial charge is 0.370 e. The molecule has 1 aromatic carbocycles. The molecule has 0 bridgehead atoms. The lowest BCUT2D eigenvalue weighted by Crippen LogP contribution is -2.33. The topological polar surface area (TPSA) is 96.6 Å². The van der Waals surface area contributed by atoms with E-state index in [1.165, 1.54) is 4.88 Å². The van der Waals surface area contributed by atoms with Crippen LogP contribution in [0.15, 0.2) is 51.7 Å². The number of nitrogens with zero attached hydrogens (tertiary/aromatic N) is 1. The van der Waals surface area contributed by atoms with Crippen LogP contribution in [0, 0.1) is 0 Å². The number of halogens is 1. The summed E-state index contributed by atoms with van der Waals surface area (Å²) in [4.78, 5) is 5.87. The molecule has 1 saturated carbocycles. The summed E-state index contributed by atoms with van der Waals surface area (Å²) in [7, 11) is -3.40. The number of aliphatic imine (C=N–C) groups is 1. The lowest BCUT2D eigenvalue weighted by atomic mass is 10.2. The van der Waals surface area contributed by atoms with Crippen LogP contribution in [0.3, 0.4) is 0 Å². The molecule has 0 radical (unpaired) electrons. The second-order valence-electron chi connectivity index (χ2n) is 6.00.